The first-order chi connectivity index (χ1) is 17.6. The van der Waals surface area contributed by atoms with Crippen molar-refractivity contribution in [3.8, 4) is 0 Å². The lowest BCUT2D eigenvalue weighted by atomic mass is 10.1. The van der Waals surface area contributed by atoms with Gasteiger partial charge in [-0.3, -0.25) is 14.7 Å². The van der Waals surface area contributed by atoms with Gasteiger partial charge in [0.1, 0.15) is 5.82 Å². The molecule has 0 unspecified atom stereocenters. The lowest BCUT2D eigenvalue weighted by Gasteiger charge is -2.25. The number of aromatic nitrogens is 1. The van der Waals surface area contributed by atoms with Crippen LogP contribution in [-0.2, 0) is 27.5 Å². The van der Waals surface area contributed by atoms with Gasteiger partial charge in [-0.15, -0.1) is 0 Å². The number of likely N-dealkylation sites (tertiary alicyclic amines) is 2. The van der Waals surface area contributed by atoms with Crippen LogP contribution in [0.15, 0.2) is 48.8 Å². The average Bonchev–Trinajstić information content (AvgIpc) is 3.34. The number of halogens is 7. The van der Waals surface area contributed by atoms with Gasteiger partial charge in [0.25, 0.3) is 0 Å². The zero-order valence-corrected chi connectivity index (χ0v) is 19.4. The van der Waals surface area contributed by atoms with Crippen LogP contribution in [0.2, 0.25) is 0 Å². The van der Waals surface area contributed by atoms with Crippen molar-refractivity contribution in [2.24, 2.45) is 0 Å². The molecule has 1 aromatic heterocycles. The number of carbonyl (C=O) groups excluding carboxylic acids is 1. The van der Waals surface area contributed by atoms with E-state index in [9.17, 15) is 35.5 Å². The summed E-state index contributed by atoms with van der Waals surface area (Å²) in [5, 5.41) is 14.2. The minimum Gasteiger partial charge on any atom is -0.475 e. The van der Waals surface area contributed by atoms with Crippen LogP contribution in [0.4, 0.5) is 30.7 Å². The van der Waals surface area contributed by atoms with Gasteiger partial charge in [0.2, 0.25) is 5.91 Å². The number of carboxylic acids is 2. The van der Waals surface area contributed by atoms with Gasteiger partial charge in [-0.2, -0.15) is 26.3 Å². The summed E-state index contributed by atoms with van der Waals surface area (Å²) in [5.41, 5.74) is 2.22. The molecule has 2 aromatic rings. The molecule has 208 valence electrons. The van der Waals surface area contributed by atoms with E-state index in [0.717, 1.165) is 30.6 Å². The van der Waals surface area contributed by atoms with Crippen LogP contribution >= 0.6 is 0 Å². The molecule has 0 aliphatic carbocycles. The number of aliphatic carboxylic acids is 2. The Kier molecular flexibility index (Phi) is 10.2. The van der Waals surface area contributed by atoms with E-state index in [2.05, 4.69) is 9.88 Å². The third-order valence-electron chi connectivity index (χ3n) is 5.62. The molecule has 0 radical (unpaired) electrons. The second-order valence-electron chi connectivity index (χ2n) is 8.21. The molecule has 2 fully saturated rings. The summed E-state index contributed by atoms with van der Waals surface area (Å²) in [5.74, 6) is -5.50. The van der Waals surface area contributed by atoms with Crippen molar-refractivity contribution < 1.29 is 55.3 Å². The second kappa shape index (κ2) is 12.7. The van der Waals surface area contributed by atoms with E-state index in [4.69, 9.17) is 19.8 Å². The predicted octanol–water partition coefficient (Wildman–Crippen LogP) is 3.86. The molecule has 0 spiro atoms. The lowest BCUT2D eigenvalue weighted by molar-refractivity contribution is -0.193. The summed E-state index contributed by atoms with van der Waals surface area (Å²) in [6, 6.07) is 11.1. The number of hydrogen-bond acceptors (Lipinski definition) is 5. The number of amides is 1. The molecule has 15 heteroatoms. The van der Waals surface area contributed by atoms with Crippen molar-refractivity contribution in [2.45, 2.75) is 50.4 Å². The lowest BCUT2D eigenvalue weighted by Crippen LogP contribution is -2.36. The van der Waals surface area contributed by atoms with E-state index in [1.165, 1.54) is 12.1 Å². The van der Waals surface area contributed by atoms with Gasteiger partial charge in [0.15, 0.2) is 0 Å². The fourth-order valence-corrected chi connectivity index (χ4v) is 3.92. The summed E-state index contributed by atoms with van der Waals surface area (Å²) in [6.45, 7) is 2.41. The van der Waals surface area contributed by atoms with Gasteiger partial charge in [0.05, 0.1) is 0 Å². The highest BCUT2D eigenvalue weighted by Crippen LogP contribution is 2.34. The van der Waals surface area contributed by atoms with Crippen LogP contribution in [0.5, 0.6) is 0 Å². The smallest absolute Gasteiger partial charge is 0.475 e. The molecule has 1 amide bonds. The maximum absolute atomic E-state index is 13.1. The standard InChI is InChI=1S/C19H20FN3O.2C2HF3O2/c20-16-3-1-14(2-4-16)12-22-10-7-17-18(22)11-19(24)23(17)13-15-5-8-21-9-6-15;2*3-2(4,5)1(6)7/h1-6,8-9,17-18H,7,10-13H2;2*(H,6,7)/t17-,18+;;/m0../s1. The molecule has 1 aromatic carbocycles. The Bertz CT molecular complexity index is 1070. The summed E-state index contributed by atoms with van der Waals surface area (Å²) < 4.78 is 76.5. The van der Waals surface area contributed by atoms with E-state index in [1.807, 2.05) is 29.2 Å². The summed E-state index contributed by atoms with van der Waals surface area (Å²) in [4.78, 5) is 38.7. The SMILES string of the molecule is O=C(O)C(F)(F)F.O=C(O)C(F)(F)F.O=C1C[C@@H]2[C@H](CCN2Cc2ccc(F)cc2)N1Cc1ccncc1. The van der Waals surface area contributed by atoms with Crippen molar-refractivity contribution in [2.75, 3.05) is 6.54 Å². The molecule has 3 heterocycles. The zero-order chi connectivity index (χ0) is 28.7. The first kappa shape index (κ1) is 30.5. The maximum Gasteiger partial charge on any atom is 0.490 e. The van der Waals surface area contributed by atoms with E-state index >= 15 is 0 Å². The van der Waals surface area contributed by atoms with Gasteiger partial charge in [-0.25, -0.2) is 14.0 Å². The van der Waals surface area contributed by atoms with Crippen LogP contribution in [0.25, 0.3) is 0 Å². The number of fused-ring (bicyclic) bond motifs is 1. The van der Waals surface area contributed by atoms with Gasteiger partial charge in [0, 0.05) is 50.5 Å². The Morgan fingerprint density at radius 3 is 1.79 bits per heavy atom. The van der Waals surface area contributed by atoms with Crippen molar-refractivity contribution in [3.63, 3.8) is 0 Å². The van der Waals surface area contributed by atoms with Crippen LogP contribution in [0.1, 0.15) is 24.0 Å². The summed E-state index contributed by atoms with van der Waals surface area (Å²) >= 11 is 0. The quantitative estimate of drug-likeness (QED) is 0.554. The number of nitrogens with zero attached hydrogens (tertiary/aromatic N) is 3. The minimum absolute atomic E-state index is 0.211. The fraction of sp³-hybridized carbons (Fsp3) is 0.391. The van der Waals surface area contributed by atoms with Gasteiger partial charge in [-0.1, -0.05) is 12.1 Å². The highest BCUT2D eigenvalue weighted by atomic mass is 19.4. The van der Waals surface area contributed by atoms with Crippen molar-refractivity contribution >= 4 is 17.8 Å². The molecule has 2 aliphatic rings. The number of carboxylic acid groups (broad SMARTS) is 2. The van der Waals surface area contributed by atoms with Crippen molar-refractivity contribution in [1.29, 1.82) is 0 Å². The third kappa shape index (κ3) is 8.97. The Morgan fingerprint density at radius 1 is 0.842 bits per heavy atom. The van der Waals surface area contributed by atoms with E-state index in [1.54, 1.807) is 12.4 Å². The van der Waals surface area contributed by atoms with Crippen LogP contribution in [0.3, 0.4) is 0 Å². The highest BCUT2D eigenvalue weighted by molar-refractivity contribution is 5.80. The normalized spacial score (nSPS) is 19.1. The van der Waals surface area contributed by atoms with Gasteiger partial charge < -0.3 is 15.1 Å². The third-order valence-corrected chi connectivity index (χ3v) is 5.62. The molecule has 2 aliphatic heterocycles. The Morgan fingerprint density at radius 2 is 1.32 bits per heavy atom. The number of alkyl halides is 6. The fourth-order valence-electron chi connectivity index (χ4n) is 3.92. The molecule has 0 saturated carbocycles. The van der Waals surface area contributed by atoms with Crippen LogP contribution < -0.4 is 0 Å². The monoisotopic (exact) mass is 553 g/mol. The van der Waals surface area contributed by atoms with Gasteiger partial charge >= 0.3 is 24.3 Å². The average molecular weight is 553 g/mol. The first-order valence-electron chi connectivity index (χ1n) is 10.9. The van der Waals surface area contributed by atoms with Crippen molar-refractivity contribution in [3.05, 3.63) is 65.7 Å². The number of rotatable bonds is 4. The predicted molar refractivity (Wildman–Crippen MR) is 116 cm³/mol. The highest BCUT2D eigenvalue weighted by Gasteiger charge is 2.46. The Labute approximate surface area is 211 Å². The van der Waals surface area contributed by atoms with E-state index in [0.29, 0.717) is 13.0 Å². The number of benzene rings is 1. The van der Waals surface area contributed by atoms with Gasteiger partial charge in [-0.05, 0) is 41.8 Å². The second-order valence-corrected chi connectivity index (χ2v) is 8.21. The maximum atomic E-state index is 13.1. The van der Waals surface area contributed by atoms with E-state index < -0.39 is 24.3 Å². The Balaban J connectivity index is 0.000000301. The molecule has 4 rings (SSSR count). The zero-order valence-electron chi connectivity index (χ0n) is 19.4. The molecule has 2 saturated heterocycles. The van der Waals surface area contributed by atoms with Crippen molar-refractivity contribution in [1.82, 2.24) is 14.8 Å². The molecular weight excluding hydrogens is 531 g/mol. The van der Waals surface area contributed by atoms with Crippen LogP contribution in [-0.4, -0.2) is 73.8 Å². The largest absolute Gasteiger partial charge is 0.490 e. The summed E-state index contributed by atoms with van der Waals surface area (Å²) in [7, 11) is 0. The Hall–Kier alpha value is -3.75. The molecule has 0 bridgehead atoms. The number of hydrogen-bond donors (Lipinski definition) is 2. The molecule has 38 heavy (non-hydrogen) atoms. The van der Waals surface area contributed by atoms with Crippen LogP contribution in [0, 0.1) is 5.82 Å². The molecule has 2 atom stereocenters. The first-order valence-corrected chi connectivity index (χ1v) is 10.9. The molecular formula is C23H22F7N3O5. The molecule has 8 nitrogen and oxygen atoms in total. The number of pyridine rings is 1. The minimum atomic E-state index is -5.08. The molecule has 2 N–H and O–H groups in total. The van der Waals surface area contributed by atoms with E-state index in [-0.39, 0.29) is 23.8 Å². The summed E-state index contributed by atoms with van der Waals surface area (Å²) in [6.07, 6.45) is -5.05. The number of carbonyl (C=O) groups is 3. The topological polar surface area (TPSA) is 111 Å².